The van der Waals surface area contributed by atoms with Crippen molar-refractivity contribution in [2.45, 2.75) is 13.5 Å². The standard InChI is InChI=1S/C14H13N4.Re/c1-9-11-5-3-4-6-12(11)13-10(7-16-9)8-17-14(15-2)18-13;/h3-6H,7H2,1-2H3,(H,15,17,18);/q-1;. The summed E-state index contributed by atoms with van der Waals surface area (Å²) in [6.07, 6.45) is 3.03. The van der Waals surface area contributed by atoms with E-state index in [0.29, 0.717) is 12.2 Å². The number of hydrogen-bond acceptors (Lipinski definition) is 3. The summed E-state index contributed by atoms with van der Waals surface area (Å²) in [4.78, 5) is 16.0. The van der Waals surface area contributed by atoms with Crippen molar-refractivity contribution in [2.75, 3.05) is 7.05 Å². The van der Waals surface area contributed by atoms with E-state index >= 15 is 0 Å². The van der Waals surface area contributed by atoms with E-state index in [1.165, 1.54) is 0 Å². The number of H-pyrrole nitrogens is 1. The van der Waals surface area contributed by atoms with Gasteiger partial charge in [-0.1, -0.05) is 41.7 Å². The van der Waals surface area contributed by atoms with Crippen LogP contribution in [0.5, 0.6) is 0 Å². The zero-order chi connectivity index (χ0) is 12.5. The maximum absolute atomic E-state index is 4.56. The molecule has 3 rings (SSSR count). The average Bonchev–Trinajstić information content (AvgIpc) is 2.57. The molecule has 1 aliphatic heterocycles. The number of rotatable bonds is 0. The molecule has 0 fully saturated rings. The van der Waals surface area contributed by atoms with E-state index in [0.717, 1.165) is 28.1 Å². The van der Waals surface area contributed by atoms with E-state index < -0.39 is 0 Å². The van der Waals surface area contributed by atoms with Crippen molar-refractivity contribution in [3.8, 4) is 11.3 Å². The molecular formula is C14H13N4Re-. The van der Waals surface area contributed by atoms with Crippen LogP contribution >= 0.6 is 0 Å². The van der Waals surface area contributed by atoms with Crippen molar-refractivity contribution in [2.24, 2.45) is 9.98 Å². The fraction of sp³-hybridized carbons (Fsp3) is 0.214. The normalized spacial score (nSPS) is 13.8. The Hall–Kier alpha value is -1.57. The van der Waals surface area contributed by atoms with Gasteiger partial charge in [-0.15, -0.1) is 0 Å². The van der Waals surface area contributed by atoms with Crippen molar-refractivity contribution in [1.29, 1.82) is 0 Å². The summed E-state index contributed by atoms with van der Waals surface area (Å²) in [5.41, 5.74) is 5.90. The van der Waals surface area contributed by atoms with Crippen LogP contribution in [0, 0.1) is 6.20 Å². The number of aromatic nitrogens is 2. The summed E-state index contributed by atoms with van der Waals surface area (Å²) < 4.78 is 0. The Balaban J connectivity index is 0.00000133. The van der Waals surface area contributed by atoms with Gasteiger partial charge in [-0.05, 0) is 18.1 Å². The van der Waals surface area contributed by atoms with Crippen molar-refractivity contribution >= 4 is 5.71 Å². The van der Waals surface area contributed by atoms with Crippen LogP contribution in [0.2, 0.25) is 0 Å². The number of aliphatic imine (C=N–C) groups is 1. The quantitative estimate of drug-likeness (QED) is 0.645. The summed E-state index contributed by atoms with van der Waals surface area (Å²) >= 11 is 0. The number of nitrogens with one attached hydrogen (secondary N) is 1. The summed E-state index contributed by atoms with van der Waals surface area (Å²) in [5, 5.41) is 0. The number of aromatic amines is 1. The minimum atomic E-state index is 0. The Labute approximate surface area is 125 Å². The molecule has 0 unspecified atom stereocenters. The van der Waals surface area contributed by atoms with Crippen molar-refractivity contribution in [1.82, 2.24) is 9.97 Å². The van der Waals surface area contributed by atoms with Gasteiger partial charge in [0, 0.05) is 39.7 Å². The van der Waals surface area contributed by atoms with Gasteiger partial charge in [-0.3, -0.25) is 4.99 Å². The van der Waals surface area contributed by atoms with E-state index in [4.69, 9.17) is 0 Å². The monoisotopic (exact) mass is 424 g/mol. The Morgan fingerprint density at radius 2 is 2.00 bits per heavy atom. The van der Waals surface area contributed by atoms with Crippen LogP contribution in [0.1, 0.15) is 18.1 Å². The van der Waals surface area contributed by atoms with Gasteiger partial charge < -0.3 is 15.0 Å². The van der Waals surface area contributed by atoms with Gasteiger partial charge in [0.05, 0.1) is 0 Å². The van der Waals surface area contributed by atoms with Crippen molar-refractivity contribution in [3.63, 3.8) is 0 Å². The molecule has 4 nitrogen and oxygen atoms in total. The van der Waals surface area contributed by atoms with E-state index in [1.807, 2.05) is 19.1 Å². The molecule has 1 aliphatic rings. The van der Waals surface area contributed by atoms with Gasteiger partial charge in [-0.2, -0.15) is 0 Å². The third-order valence-electron chi connectivity index (χ3n) is 3.11. The molecule has 0 bridgehead atoms. The molecule has 1 N–H and O–H groups in total. The van der Waals surface area contributed by atoms with Crippen LogP contribution < -0.4 is 5.62 Å². The maximum Gasteiger partial charge on any atom is 0.107 e. The minimum absolute atomic E-state index is 0. The van der Waals surface area contributed by atoms with Crippen LogP contribution in [0.4, 0.5) is 0 Å². The number of nitrogens with zero attached hydrogens (tertiary/aromatic N) is 3. The first kappa shape index (κ1) is 13.9. The van der Waals surface area contributed by atoms with E-state index in [1.54, 1.807) is 7.05 Å². The minimum Gasteiger partial charge on any atom is -0.429 e. The fourth-order valence-corrected chi connectivity index (χ4v) is 2.14. The molecule has 0 spiro atoms. The van der Waals surface area contributed by atoms with Crippen LogP contribution in [0.15, 0.2) is 34.3 Å². The molecule has 1 aromatic carbocycles. The second kappa shape index (κ2) is 5.60. The molecule has 19 heavy (non-hydrogen) atoms. The maximum atomic E-state index is 4.56. The molecule has 97 valence electrons. The van der Waals surface area contributed by atoms with E-state index in [2.05, 4.69) is 38.3 Å². The van der Waals surface area contributed by atoms with Crippen molar-refractivity contribution < 1.29 is 20.4 Å². The predicted molar refractivity (Wildman–Crippen MR) is 70.3 cm³/mol. The summed E-state index contributed by atoms with van der Waals surface area (Å²) in [6.45, 7) is 2.63. The fourth-order valence-electron chi connectivity index (χ4n) is 2.14. The molecule has 2 heterocycles. The van der Waals surface area contributed by atoms with Gasteiger partial charge in [0.2, 0.25) is 0 Å². The average molecular weight is 423 g/mol. The van der Waals surface area contributed by atoms with Crippen LogP contribution in [-0.4, -0.2) is 22.7 Å². The smallest absolute Gasteiger partial charge is 0.107 e. The number of fused-ring (bicyclic) bond motifs is 3. The molecule has 0 amide bonds. The molecule has 0 aliphatic carbocycles. The number of hydrogen-bond donors (Lipinski definition) is 1. The third kappa shape index (κ3) is 2.44. The van der Waals surface area contributed by atoms with E-state index in [9.17, 15) is 0 Å². The van der Waals surface area contributed by atoms with Gasteiger partial charge in [0.15, 0.2) is 0 Å². The molecule has 0 atom stereocenters. The molecule has 0 saturated carbocycles. The SMILES string of the molecule is CN=c1n[c-]c2c([nH]1)-c1ccccc1C(C)=NC2.[Re]. The molecule has 5 heteroatoms. The van der Waals surface area contributed by atoms with Crippen molar-refractivity contribution in [3.05, 3.63) is 47.2 Å². The first-order chi connectivity index (χ1) is 8.79. The van der Waals surface area contributed by atoms with Crippen LogP contribution in [0.25, 0.3) is 11.3 Å². The topological polar surface area (TPSA) is 53.4 Å². The second-order valence-corrected chi connectivity index (χ2v) is 4.20. The summed E-state index contributed by atoms with van der Waals surface area (Å²) in [6, 6.07) is 8.22. The van der Waals surface area contributed by atoms with Gasteiger partial charge in [0.25, 0.3) is 0 Å². The first-order valence-corrected chi connectivity index (χ1v) is 5.84. The largest absolute Gasteiger partial charge is 0.429 e. The van der Waals surface area contributed by atoms with Crippen LogP contribution in [0.3, 0.4) is 0 Å². The van der Waals surface area contributed by atoms with Gasteiger partial charge in [0.1, 0.15) is 5.62 Å². The summed E-state index contributed by atoms with van der Waals surface area (Å²) in [7, 11) is 1.71. The number of benzene rings is 1. The third-order valence-corrected chi connectivity index (χ3v) is 3.11. The van der Waals surface area contributed by atoms with Gasteiger partial charge >= 0.3 is 0 Å². The second-order valence-electron chi connectivity index (χ2n) is 4.20. The van der Waals surface area contributed by atoms with Gasteiger partial charge in [-0.25, -0.2) is 0 Å². The molecule has 0 saturated heterocycles. The molecule has 1 aromatic heterocycles. The Morgan fingerprint density at radius 3 is 2.74 bits per heavy atom. The Kier molecular flexibility index (Phi) is 4.08. The molecule has 2 aromatic rings. The first-order valence-electron chi connectivity index (χ1n) is 5.84. The molecule has 1 radical (unpaired) electrons. The Morgan fingerprint density at radius 1 is 1.26 bits per heavy atom. The zero-order valence-corrected chi connectivity index (χ0v) is 13.5. The van der Waals surface area contributed by atoms with Crippen LogP contribution in [-0.2, 0) is 27.0 Å². The predicted octanol–water partition coefficient (Wildman–Crippen LogP) is 1.73. The zero-order valence-electron chi connectivity index (χ0n) is 10.7. The summed E-state index contributed by atoms with van der Waals surface area (Å²) in [5.74, 6) is 0. The molecular weight excluding hydrogens is 410 g/mol. The van der Waals surface area contributed by atoms with E-state index in [-0.39, 0.29) is 20.4 Å². The Bertz CT molecular complexity index is 701.